The minimum absolute atomic E-state index is 0.189. The quantitative estimate of drug-likeness (QED) is 0.748. The summed E-state index contributed by atoms with van der Waals surface area (Å²) in [4.78, 5) is 27.7. The highest BCUT2D eigenvalue weighted by atomic mass is 35.5. The van der Waals surface area contributed by atoms with Crippen LogP contribution in [0.5, 0.6) is 0 Å². The molecule has 5 nitrogen and oxygen atoms in total. The lowest BCUT2D eigenvalue weighted by Crippen LogP contribution is -2.12. The highest BCUT2D eigenvalue weighted by molar-refractivity contribution is 7.22. The van der Waals surface area contributed by atoms with Gasteiger partial charge in [0, 0.05) is 23.2 Å². The second-order valence-corrected chi connectivity index (χ2v) is 6.31. The minimum atomic E-state index is -0.289. The molecule has 0 unspecified atom stereocenters. The molecule has 1 aromatic heterocycles. The van der Waals surface area contributed by atoms with Crippen LogP contribution in [0.15, 0.2) is 42.5 Å². The second-order valence-electron chi connectivity index (χ2n) is 4.85. The van der Waals surface area contributed by atoms with Crippen molar-refractivity contribution >= 4 is 55.8 Å². The molecule has 0 aliphatic heterocycles. The van der Waals surface area contributed by atoms with E-state index in [1.54, 1.807) is 36.4 Å². The first-order valence-electron chi connectivity index (χ1n) is 6.76. The predicted molar refractivity (Wildman–Crippen MR) is 93.3 cm³/mol. The summed E-state index contributed by atoms with van der Waals surface area (Å²) in [6.45, 7) is 1.42. The van der Waals surface area contributed by atoms with Gasteiger partial charge in [-0.2, -0.15) is 0 Å². The van der Waals surface area contributed by atoms with Gasteiger partial charge in [-0.05, 0) is 36.4 Å². The van der Waals surface area contributed by atoms with Gasteiger partial charge in [0.2, 0.25) is 5.91 Å². The summed E-state index contributed by atoms with van der Waals surface area (Å²) in [7, 11) is 0. The molecule has 2 N–H and O–H groups in total. The Morgan fingerprint density at radius 1 is 1.13 bits per heavy atom. The third-order valence-corrected chi connectivity index (χ3v) is 4.18. The monoisotopic (exact) mass is 345 g/mol. The Bertz CT molecular complexity index is 907. The molecule has 3 aromatic rings. The van der Waals surface area contributed by atoms with E-state index in [4.69, 9.17) is 11.6 Å². The Labute approximate surface area is 141 Å². The van der Waals surface area contributed by atoms with Gasteiger partial charge in [-0.1, -0.05) is 29.0 Å². The maximum Gasteiger partial charge on any atom is 0.257 e. The van der Waals surface area contributed by atoms with E-state index >= 15 is 0 Å². The predicted octanol–water partition coefficient (Wildman–Crippen LogP) is 4.16. The number of carbonyl (C=O) groups excluding carboxylic acids is 2. The van der Waals surface area contributed by atoms with Crippen LogP contribution in [0.1, 0.15) is 17.3 Å². The molecule has 0 aliphatic carbocycles. The minimum Gasteiger partial charge on any atom is -0.326 e. The van der Waals surface area contributed by atoms with Crippen LogP contribution in [0.4, 0.5) is 10.8 Å². The van der Waals surface area contributed by atoms with Crippen LogP contribution in [-0.2, 0) is 4.79 Å². The first-order valence-corrected chi connectivity index (χ1v) is 7.96. The first-order chi connectivity index (χ1) is 11.0. The number of aromatic nitrogens is 1. The number of rotatable bonds is 3. The largest absolute Gasteiger partial charge is 0.326 e. The summed E-state index contributed by atoms with van der Waals surface area (Å²) in [5.74, 6) is -0.479. The third kappa shape index (κ3) is 3.67. The number of benzene rings is 2. The average molecular weight is 346 g/mol. The molecule has 23 heavy (non-hydrogen) atoms. The lowest BCUT2D eigenvalue weighted by atomic mass is 10.2. The van der Waals surface area contributed by atoms with Crippen molar-refractivity contribution in [3.05, 3.63) is 53.1 Å². The molecular weight excluding hydrogens is 334 g/mol. The zero-order valence-electron chi connectivity index (χ0n) is 12.1. The smallest absolute Gasteiger partial charge is 0.257 e. The first kappa shape index (κ1) is 15.5. The number of nitrogens with zero attached hydrogens (tertiary/aromatic N) is 1. The third-order valence-electron chi connectivity index (χ3n) is 3.02. The lowest BCUT2D eigenvalue weighted by Gasteiger charge is -2.05. The maximum atomic E-state index is 12.3. The fourth-order valence-corrected chi connectivity index (χ4v) is 3.20. The van der Waals surface area contributed by atoms with Crippen LogP contribution < -0.4 is 10.6 Å². The van der Waals surface area contributed by atoms with Crippen LogP contribution in [0.25, 0.3) is 10.2 Å². The molecule has 0 atom stereocenters. The van der Waals surface area contributed by atoms with Crippen molar-refractivity contribution in [1.82, 2.24) is 4.98 Å². The van der Waals surface area contributed by atoms with Crippen LogP contribution in [0, 0.1) is 0 Å². The highest BCUT2D eigenvalue weighted by Gasteiger charge is 2.11. The molecule has 0 spiro atoms. The van der Waals surface area contributed by atoms with E-state index in [9.17, 15) is 9.59 Å². The fraction of sp³-hybridized carbons (Fsp3) is 0.0625. The number of halogens is 1. The molecule has 0 saturated heterocycles. The molecule has 0 aliphatic rings. The van der Waals surface area contributed by atoms with Crippen molar-refractivity contribution in [2.45, 2.75) is 6.92 Å². The van der Waals surface area contributed by atoms with E-state index in [0.29, 0.717) is 21.4 Å². The number of thiazole rings is 1. The standard InChI is InChI=1S/C16H12ClN3O2S/c1-9(21)18-12-4-2-3-10(7-12)15(22)20-16-19-13-6-5-11(17)8-14(13)23-16/h2-8H,1H3,(H,18,21)(H,19,20,22). The van der Waals surface area contributed by atoms with E-state index < -0.39 is 0 Å². The molecule has 0 radical (unpaired) electrons. The van der Waals surface area contributed by atoms with Gasteiger partial charge in [-0.15, -0.1) is 0 Å². The Morgan fingerprint density at radius 2 is 1.96 bits per heavy atom. The number of amides is 2. The van der Waals surface area contributed by atoms with Gasteiger partial charge in [0.1, 0.15) is 0 Å². The Kier molecular flexibility index (Phi) is 4.27. The molecule has 7 heteroatoms. The Balaban J connectivity index is 1.81. The number of hydrogen-bond acceptors (Lipinski definition) is 4. The Morgan fingerprint density at radius 3 is 2.74 bits per heavy atom. The van der Waals surface area contributed by atoms with E-state index in [1.165, 1.54) is 18.3 Å². The zero-order chi connectivity index (χ0) is 16.4. The molecule has 1 heterocycles. The van der Waals surface area contributed by atoms with Crippen LogP contribution in [-0.4, -0.2) is 16.8 Å². The summed E-state index contributed by atoms with van der Waals surface area (Å²) in [6.07, 6.45) is 0. The van der Waals surface area contributed by atoms with Crippen molar-refractivity contribution in [3.8, 4) is 0 Å². The van der Waals surface area contributed by atoms with E-state index in [0.717, 1.165) is 10.2 Å². The summed E-state index contributed by atoms with van der Waals surface area (Å²) < 4.78 is 0.903. The fourth-order valence-electron chi connectivity index (χ4n) is 2.06. The van der Waals surface area contributed by atoms with Crippen molar-refractivity contribution in [2.24, 2.45) is 0 Å². The van der Waals surface area contributed by atoms with Gasteiger partial charge >= 0.3 is 0 Å². The van der Waals surface area contributed by atoms with Gasteiger partial charge in [0.15, 0.2) is 5.13 Å². The van der Waals surface area contributed by atoms with E-state index in [1.807, 2.05) is 6.07 Å². The van der Waals surface area contributed by atoms with Gasteiger partial charge in [0.05, 0.1) is 10.2 Å². The topological polar surface area (TPSA) is 71.1 Å². The second kappa shape index (κ2) is 6.36. The summed E-state index contributed by atoms with van der Waals surface area (Å²) >= 11 is 7.30. The summed E-state index contributed by atoms with van der Waals surface area (Å²) in [6, 6.07) is 12.1. The maximum absolute atomic E-state index is 12.3. The number of anilines is 2. The lowest BCUT2D eigenvalue weighted by molar-refractivity contribution is -0.114. The molecule has 3 rings (SSSR count). The number of carbonyl (C=O) groups is 2. The summed E-state index contributed by atoms with van der Waals surface area (Å²) in [5.41, 5.74) is 1.79. The van der Waals surface area contributed by atoms with Crippen molar-refractivity contribution in [3.63, 3.8) is 0 Å². The summed E-state index contributed by atoms with van der Waals surface area (Å²) in [5, 5.41) is 6.53. The van der Waals surface area contributed by atoms with Gasteiger partial charge in [-0.3, -0.25) is 14.9 Å². The normalized spacial score (nSPS) is 10.5. The molecule has 0 fully saturated rings. The highest BCUT2D eigenvalue weighted by Crippen LogP contribution is 2.28. The molecule has 0 bridgehead atoms. The van der Waals surface area contributed by atoms with Crippen LogP contribution in [0.3, 0.4) is 0 Å². The molecule has 2 aromatic carbocycles. The van der Waals surface area contributed by atoms with Crippen LogP contribution in [0.2, 0.25) is 5.02 Å². The van der Waals surface area contributed by atoms with Crippen molar-refractivity contribution < 1.29 is 9.59 Å². The SMILES string of the molecule is CC(=O)Nc1cccc(C(=O)Nc2nc3ccc(Cl)cc3s2)c1. The van der Waals surface area contributed by atoms with Gasteiger partial charge in [0.25, 0.3) is 5.91 Å². The number of hydrogen-bond donors (Lipinski definition) is 2. The van der Waals surface area contributed by atoms with Crippen molar-refractivity contribution in [2.75, 3.05) is 10.6 Å². The molecule has 0 saturated carbocycles. The average Bonchev–Trinajstić information content (AvgIpc) is 2.88. The van der Waals surface area contributed by atoms with E-state index in [2.05, 4.69) is 15.6 Å². The van der Waals surface area contributed by atoms with E-state index in [-0.39, 0.29) is 11.8 Å². The van der Waals surface area contributed by atoms with Crippen LogP contribution >= 0.6 is 22.9 Å². The van der Waals surface area contributed by atoms with Crippen molar-refractivity contribution in [1.29, 1.82) is 0 Å². The molecule has 116 valence electrons. The number of fused-ring (bicyclic) bond motifs is 1. The molecular formula is C16H12ClN3O2S. The Hall–Kier alpha value is -2.44. The molecule has 2 amide bonds. The van der Waals surface area contributed by atoms with Gasteiger partial charge in [-0.25, -0.2) is 4.98 Å². The number of nitrogens with one attached hydrogen (secondary N) is 2. The van der Waals surface area contributed by atoms with Gasteiger partial charge < -0.3 is 5.32 Å². The zero-order valence-corrected chi connectivity index (χ0v) is 13.7.